The van der Waals surface area contributed by atoms with Crippen LogP contribution in [0.1, 0.15) is 32.1 Å². The first-order chi connectivity index (χ1) is 10.6. The van der Waals surface area contributed by atoms with Crippen molar-refractivity contribution in [2.75, 3.05) is 12.0 Å². The van der Waals surface area contributed by atoms with Crippen LogP contribution in [0.15, 0.2) is 28.2 Å². The van der Waals surface area contributed by atoms with E-state index in [0.29, 0.717) is 5.69 Å². The molecule has 3 rings (SSSR count). The zero-order valence-electron chi connectivity index (χ0n) is 12.6. The SMILES string of the molecule is COc1ccc(N2C(N)=NC(N)=NC23CCCCC3)cc1F. The van der Waals surface area contributed by atoms with Gasteiger partial charge in [0.05, 0.1) is 7.11 Å². The Morgan fingerprint density at radius 1 is 1.23 bits per heavy atom. The van der Waals surface area contributed by atoms with E-state index in [2.05, 4.69) is 9.98 Å². The molecule has 7 heteroatoms. The summed E-state index contributed by atoms with van der Waals surface area (Å²) in [4.78, 5) is 10.4. The Kier molecular flexibility index (Phi) is 3.64. The molecule has 0 bridgehead atoms. The number of rotatable bonds is 2. The highest BCUT2D eigenvalue weighted by atomic mass is 19.1. The number of nitrogens with two attached hydrogens (primary N) is 2. The van der Waals surface area contributed by atoms with Crippen molar-refractivity contribution >= 4 is 17.6 Å². The minimum atomic E-state index is -0.560. The van der Waals surface area contributed by atoms with Gasteiger partial charge < -0.3 is 16.2 Å². The van der Waals surface area contributed by atoms with E-state index in [9.17, 15) is 4.39 Å². The fourth-order valence-corrected chi connectivity index (χ4v) is 3.29. The molecule has 2 aliphatic rings. The first-order valence-corrected chi connectivity index (χ1v) is 7.39. The second kappa shape index (κ2) is 5.47. The summed E-state index contributed by atoms with van der Waals surface area (Å²) < 4.78 is 19.0. The smallest absolute Gasteiger partial charge is 0.220 e. The lowest BCUT2D eigenvalue weighted by atomic mass is 9.87. The molecule has 0 atom stereocenters. The van der Waals surface area contributed by atoms with Gasteiger partial charge in [-0.15, -0.1) is 0 Å². The maximum Gasteiger partial charge on any atom is 0.220 e. The molecule has 22 heavy (non-hydrogen) atoms. The molecule has 4 N–H and O–H groups in total. The summed E-state index contributed by atoms with van der Waals surface area (Å²) in [5, 5.41) is 0. The van der Waals surface area contributed by atoms with Gasteiger partial charge in [0.2, 0.25) is 11.9 Å². The number of halogens is 1. The topological polar surface area (TPSA) is 89.2 Å². The first-order valence-electron chi connectivity index (χ1n) is 7.39. The molecule has 1 spiro atoms. The van der Waals surface area contributed by atoms with Gasteiger partial charge in [-0.05, 0) is 37.8 Å². The highest BCUT2D eigenvalue weighted by Gasteiger charge is 2.42. The van der Waals surface area contributed by atoms with Crippen LogP contribution in [-0.2, 0) is 0 Å². The number of hydrogen-bond donors (Lipinski definition) is 2. The van der Waals surface area contributed by atoms with Gasteiger partial charge in [-0.3, -0.25) is 4.90 Å². The van der Waals surface area contributed by atoms with Crippen LogP contribution < -0.4 is 21.1 Å². The minimum Gasteiger partial charge on any atom is -0.494 e. The van der Waals surface area contributed by atoms with E-state index in [4.69, 9.17) is 16.2 Å². The quantitative estimate of drug-likeness (QED) is 0.874. The average molecular weight is 305 g/mol. The monoisotopic (exact) mass is 305 g/mol. The summed E-state index contributed by atoms with van der Waals surface area (Å²) in [7, 11) is 1.43. The van der Waals surface area contributed by atoms with Crippen molar-refractivity contribution in [2.24, 2.45) is 21.5 Å². The van der Waals surface area contributed by atoms with E-state index in [-0.39, 0.29) is 17.7 Å². The highest BCUT2D eigenvalue weighted by Crippen LogP contribution is 2.40. The third-order valence-corrected chi connectivity index (χ3v) is 4.24. The highest BCUT2D eigenvalue weighted by molar-refractivity contribution is 6.05. The third-order valence-electron chi connectivity index (χ3n) is 4.24. The maximum absolute atomic E-state index is 14.1. The maximum atomic E-state index is 14.1. The van der Waals surface area contributed by atoms with E-state index in [1.807, 2.05) is 0 Å². The van der Waals surface area contributed by atoms with Crippen molar-refractivity contribution in [3.05, 3.63) is 24.0 Å². The Labute approximate surface area is 128 Å². The molecule has 0 aromatic heterocycles. The molecule has 1 aromatic carbocycles. The number of benzene rings is 1. The van der Waals surface area contributed by atoms with Crippen molar-refractivity contribution < 1.29 is 9.13 Å². The summed E-state index contributed by atoms with van der Waals surface area (Å²) >= 11 is 0. The number of nitrogens with zero attached hydrogens (tertiary/aromatic N) is 3. The van der Waals surface area contributed by atoms with Gasteiger partial charge >= 0.3 is 0 Å². The van der Waals surface area contributed by atoms with Gasteiger partial charge in [-0.1, -0.05) is 6.42 Å². The van der Waals surface area contributed by atoms with E-state index in [1.54, 1.807) is 17.0 Å². The number of guanidine groups is 2. The molecular formula is C15H20FN5O. The zero-order chi connectivity index (χ0) is 15.7. The van der Waals surface area contributed by atoms with Gasteiger partial charge in [0.25, 0.3) is 0 Å². The Bertz CT molecular complexity index is 637. The number of methoxy groups -OCH3 is 1. The van der Waals surface area contributed by atoms with Crippen LogP contribution >= 0.6 is 0 Å². The second-order valence-corrected chi connectivity index (χ2v) is 5.64. The lowest BCUT2D eigenvalue weighted by Crippen LogP contribution is -2.58. The molecule has 0 saturated heterocycles. The number of hydrogen-bond acceptors (Lipinski definition) is 6. The third kappa shape index (κ3) is 2.36. The first kappa shape index (κ1) is 14.6. The molecular weight excluding hydrogens is 285 g/mol. The Morgan fingerprint density at radius 3 is 2.59 bits per heavy atom. The molecule has 0 amide bonds. The Hall–Kier alpha value is -2.31. The number of aliphatic imine (C=N–C) groups is 2. The normalized spacial score (nSPS) is 20.5. The van der Waals surface area contributed by atoms with Crippen molar-refractivity contribution in [3.8, 4) is 5.75 Å². The van der Waals surface area contributed by atoms with Crippen LogP contribution in [0.3, 0.4) is 0 Å². The van der Waals surface area contributed by atoms with E-state index >= 15 is 0 Å². The van der Waals surface area contributed by atoms with Crippen LogP contribution in [-0.4, -0.2) is 24.7 Å². The van der Waals surface area contributed by atoms with Gasteiger partial charge in [0.1, 0.15) is 5.66 Å². The molecule has 1 aromatic rings. The van der Waals surface area contributed by atoms with Crippen molar-refractivity contribution in [1.29, 1.82) is 0 Å². The Morgan fingerprint density at radius 2 is 1.95 bits per heavy atom. The largest absolute Gasteiger partial charge is 0.494 e. The molecule has 0 radical (unpaired) electrons. The lowest BCUT2D eigenvalue weighted by Gasteiger charge is -2.45. The van der Waals surface area contributed by atoms with Crippen LogP contribution in [0.5, 0.6) is 5.75 Å². The average Bonchev–Trinajstić information content (AvgIpc) is 2.47. The Balaban J connectivity index is 2.06. The van der Waals surface area contributed by atoms with Gasteiger partial charge in [-0.25, -0.2) is 9.38 Å². The van der Waals surface area contributed by atoms with Gasteiger partial charge in [0, 0.05) is 11.8 Å². The van der Waals surface area contributed by atoms with Crippen molar-refractivity contribution in [3.63, 3.8) is 0 Å². The minimum absolute atomic E-state index is 0.185. The van der Waals surface area contributed by atoms with E-state index < -0.39 is 11.5 Å². The summed E-state index contributed by atoms with van der Waals surface area (Å²) in [6, 6.07) is 4.74. The molecule has 1 aliphatic heterocycles. The summed E-state index contributed by atoms with van der Waals surface area (Å²) in [6.45, 7) is 0. The van der Waals surface area contributed by atoms with Crippen molar-refractivity contribution in [2.45, 2.75) is 37.8 Å². The van der Waals surface area contributed by atoms with Crippen LogP contribution in [0, 0.1) is 5.82 Å². The van der Waals surface area contributed by atoms with E-state index in [0.717, 1.165) is 32.1 Å². The molecule has 118 valence electrons. The molecule has 6 nitrogen and oxygen atoms in total. The fraction of sp³-hybridized carbons (Fsp3) is 0.467. The summed E-state index contributed by atoms with van der Waals surface area (Å²) in [5.74, 6) is 0.182. The van der Waals surface area contributed by atoms with Crippen LogP contribution in [0.25, 0.3) is 0 Å². The molecule has 1 heterocycles. The van der Waals surface area contributed by atoms with Gasteiger partial charge in [-0.2, -0.15) is 4.99 Å². The van der Waals surface area contributed by atoms with E-state index in [1.165, 1.54) is 13.2 Å². The van der Waals surface area contributed by atoms with Crippen LogP contribution in [0.2, 0.25) is 0 Å². The van der Waals surface area contributed by atoms with Crippen molar-refractivity contribution in [1.82, 2.24) is 0 Å². The number of ether oxygens (including phenoxy) is 1. The van der Waals surface area contributed by atoms with Crippen LogP contribution in [0.4, 0.5) is 10.1 Å². The number of anilines is 1. The standard InChI is InChI=1S/C15H20FN5O/c1-22-12-6-5-10(9-11(12)16)21-14(18)19-13(17)20-15(21)7-3-2-4-8-15/h5-6,9H,2-4,7-8H2,1H3,(H4,17,18,19,20). The molecule has 1 saturated carbocycles. The second-order valence-electron chi connectivity index (χ2n) is 5.64. The summed E-state index contributed by atoms with van der Waals surface area (Å²) in [5.41, 5.74) is 11.9. The zero-order valence-corrected chi connectivity index (χ0v) is 12.6. The fourth-order valence-electron chi connectivity index (χ4n) is 3.29. The van der Waals surface area contributed by atoms with Gasteiger partial charge in [0.15, 0.2) is 11.6 Å². The predicted octanol–water partition coefficient (Wildman–Crippen LogP) is 1.94. The lowest BCUT2D eigenvalue weighted by molar-refractivity contribution is 0.305. The summed E-state index contributed by atoms with van der Waals surface area (Å²) in [6.07, 6.45) is 4.84. The molecule has 0 unspecified atom stereocenters. The predicted molar refractivity (Wildman–Crippen MR) is 84.5 cm³/mol. The molecule has 1 aliphatic carbocycles. The molecule has 1 fully saturated rings.